The van der Waals surface area contributed by atoms with Gasteiger partial charge in [-0.05, 0) is 24.1 Å². The highest BCUT2D eigenvalue weighted by Gasteiger charge is 2.25. The van der Waals surface area contributed by atoms with Gasteiger partial charge in [0.1, 0.15) is 0 Å². The third kappa shape index (κ3) is 3.73. The molecule has 3 rings (SSSR count). The van der Waals surface area contributed by atoms with E-state index in [1.165, 1.54) is 4.90 Å². The van der Waals surface area contributed by atoms with Crippen molar-refractivity contribution in [3.05, 3.63) is 53.6 Å². The van der Waals surface area contributed by atoms with Crippen LogP contribution < -0.4 is 5.32 Å². The number of carboxylic acid groups (broad SMARTS) is 1. The molecule has 2 aromatic rings. The summed E-state index contributed by atoms with van der Waals surface area (Å²) < 4.78 is 2.05. The Labute approximate surface area is 140 Å². The van der Waals surface area contributed by atoms with Gasteiger partial charge in [-0.1, -0.05) is 12.1 Å². The lowest BCUT2D eigenvalue weighted by atomic mass is 10.1. The van der Waals surface area contributed by atoms with Crippen LogP contribution in [0.2, 0.25) is 0 Å². The predicted molar refractivity (Wildman–Crippen MR) is 87.3 cm³/mol. The maximum atomic E-state index is 10.9. The van der Waals surface area contributed by atoms with Gasteiger partial charge in [-0.3, -0.25) is 0 Å². The molecule has 2 N–H and O–H groups in total. The molecule has 1 aromatic heterocycles. The van der Waals surface area contributed by atoms with Crippen LogP contribution in [0.15, 0.2) is 36.8 Å². The summed E-state index contributed by atoms with van der Waals surface area (Å²) in [5.41, 5.74) is 2.80. The number of nitrogens with one attached hydrogen (secondary N) is 1. The minimum Gasteiger partial charge on any atom is -0.465 e. The molecule has 0 bridgehead atoms. The van der Waals surface area contributed by atoms with Gasteiger partial charge in [0.2, 0.25) is 0 Å². The Morgan fingerprint density at radius 1 is 1.42 bits per heavy atom. The highest BCUT2D eigenvalue weighted by atomic mass is 16.4. The van der Waals surface area contributed by atoms with E-state index in [2.05, 4.69) is 20.9 Å². The molecule has 1 aliphatic heterocycles. The van der Waals surface area contributed by atoms with E-state index in [4.69, 9.17) is 10.4 Å². The quantitative estimate of drug-likeness (QED) is 0.871. The van der Waals surface area contributed by atoms with Crippen LogP contribution in [0.3, 0.4) is 0 Å². The number of benzene rings is 1. The smallest absolute Gasteiger partial charge is 0.407 e. The van der Waals surface area contributed by atoms with E-state index < -0.39 is 6.09 Å². The zero-order chi connectivity index (χ0) is 16.9. The van der Waals surface area contributed by atoms with E-state index in [0.29, 0.717) is 31.7 Å². The standard InChI is InChI=1S/C17H19N5O2/c18-7-13-1-3-14(4-2-13)10-22-12-19-8-16(22)9-20-15-5-6-21(11-15)17(23)24/h1-4,8,12,15,20H,5-6,9-11H2,(H,23,24)/t15-/m0/s1. The van der Waals surface area contributed by atoms with Crippen LogP contribution in [0, 0.1) is 11.3 Å². The van der Waals surface area contributed by atoms with Crippen molar-refractivity contribution in [2.24, 2.45) is 0 Å². The number of imidazole rings is 1. The van der Waals surface area contributed by atoms with E-state index in [1.54, 1.807) is 6.33 Å². The SMILES string of the molecule is N#Cc1ccc(Cn2cncc2CN[C@H]2CCN(C(=O)O)C2)cc1. The minimum absolute atomic E-state index is 0.180. The molecular formula is C17H19N5O2. The van der Waals surface area contributed by atoms with Gasteiger partial charge in [-0.2, -0.15) is 5.26 Å². The molecule has 0 saturated carbocycles. The molecule has 7 heteroatoms. The van der Waals surface area contributed by atoms with Crippen molar-refractivity contribution in [2.75, 3.05) is 13.1 Å². The first-order valence-electron chi connectivity index (χ1n) is 7.85. The zero-order valence-corrected chi connectivity index (χ0v) is 13.2. The summed E-state index contributed by atoms with van der Waals surface area (Å²) >= 11 is 0. The summed E-state index contributed by atoms with van der Waals surface area (Å²) in [6.45, 7) is 2.44. The van der Waals surface area contributed by atoms with Crippen LogP contribution in [-0.4, -0.2) is 44.8 Å². The molecule has 0 spiro atoms. The number of likely N-dealkylation sites (tertiary alicyclic amines) is 1. The van der Waals surface area contributed by atoms with E-state index >= 15 is 0 Å². The summed E-state index contributed by atoms with van der Waals surface area (Å²) in [4.78, 5) is 16.6. The number of nitriles is 1. The van der Waals surface area contributed by atoms with Crippen LogP contribution in [0.5, 0.6) is 0 Å². The van der Waals surface area contributed by atoms with Gasteiger partial charge in [-0.25, -0.2) is 9.78 Å². The fraction of sp³-hybridized carbons (Fsp3) is 0.353. The van der Waals surface area contributed by atoms with Crippen LogP contribution in [0.4, 0.5) is 4.79 Å². The van der Waals surface area contributed by atoms with Crippen LogP contribution >= 0.6 is 0 Å². The summed E-state index contributed by atoms with van der Waals surface area (Å²) in [6.07, 6.45) is 3.58. The van der Waals surface area contributed by atoms with Gasteiger partial charge in [0.05, 0.1) is 23.7 Å². The van der Waals surface area contributed by atoms with E-state index in [-0.39, 0.29) is 6.04 Å². The number of aromatic nitrogens is 2. The molecule has 1 aromatic carbocycles. The number of rotatable bonds is 5. The van der Waals surface area contributed by atoms with Crippen molar-refractivity contribution in [1.29, 1.82) is 5.26 Å². The summed E-state index contributed by atoms with van der Waals surface area (Å²) in [6, 6.07) is 9.79. The maximum absolute atomic E-state index is 10.9. The number of nitrogens with zero attached hydrogens (tertiary/aromatic N) is 4. The Morgan fingerprint density at radius 3 is 2.88 bits per heavy atom. The first-order chi connectivity index (χ1) is 11.7. The first kappa shape index (κ1) is 16.0. The topological polar surface area (TPSA) is 94.2 Å². The molecule has 0 aliphatic carbocycles. The second-order valence-electron chi connectivity index (χ2n) is 5.92. The monoisotopic (exact) mass is 325 g/mol. The van der Waals surface area contributed by atoms with E-state index in [1.807, 2.05) is 30.5 Å². The van der Waals surface area contributed by atoms with E-state index in [9.17, 15) is 4.79 Å². The Hall–Kier alpha value is -2.85. The molecule has 1 saturated heterocycles. The molecule has 0 radical (unpaired) electrons. The average Bonchev–Trinajstić information content (AvgIpc) is 3.23. The molecule has 24 heavy (non-hydrogen) atoms. The van der Waals surface area contributed by atoms with Crippen molar-refractivity contribution < 1.29 is 9.90 Å². The second-order valence-corrected chi connectivity index (χ2v) is 5.92. The number of hydrogen-bond donors (Lipinski definition) is 2. The zero-order valence-electron chi connectivity index (χ0n) is 13.2. The summed E-state index contributed by atoms with van der Waals surface area (Å²) in [5, 5.41) is 21.2. The van der Waals surface area contributed by atoms with Crippen molar-refractivity contribution in [1.82, 2.24) is 19.8 Å². The van der Waals surface area contributed by atoms with Crippen molar-refractivity contribution in [3.63, 3.8) is 0 Å². The minimum atomic E-state index is -0.856. The molecule has 124 valence electrons. The Balaban J connectivity index is 1.57. The fourth-order valence-corrected chi connectivity index (χ4v) is 2.87. The van der Waals surface area contributed by atoms with Crippen LogP contribution in [-0.2, 0) is 13.1 Å². The summed E-state index contributed by atoms with van der Waals surface area (Å²) in [5.74, 6) is 0. The lowest BCUT2D eigenvalue weighted by Gasteiger charge is -2.15. The highest BCUT2D eigenvalue weighted by Crippen LogP contribution is 2.11. The van der Waals surface area contributed by atoms with Crippen LogP contribution in [0.1, 0.15) is 23.2 Å². The van der Waals surface area contributed by atoms with Gasteiger partial charge >= 0.3 is 6.09 Å². The van der Waals surface area contributed by atoms with Gasteiger partial charge in [0.15, 0.2) is 0 Å². The molecule has 1 amide bonds. The van der Waals surface area contributed by atoms with Crippen molar-refractivity contribution in [3.8, 4) is 6.07 Å². The lowest BCUT2D eigenvalue weighted by Crippen LogP contribution is -2.34. The molecule has 2 heterocycles. The first-order valence-corrected chi connectivity index (χ1v) is 7.85. The normalized spacial score (nSPS) is 17.0. The highest BCUT2D eigenvalue weighted by molar-refractivity contribution is 5.65. The van der Waals surface area contributed by atoms with Gasteiger partial charge in [-0.15, -0.1) is 0 Å². The van der Waals surface area contributed by atoms with Crippen LogP contribution in [0.25, 0.3) is 0 Å². The molecule has 1 fully saturated rings. The van der Waals surface area contributed by atoms with Gasteiger partial charge < -0.3 is 19.9 Å². The molecule has 0 unspecified atom stereocenters. The third-order valence-electron chi connectivity index (χ3n) is 4.27. The Bertz CT molecular complexity index is 747. The Morgan fingerprint density at radius 2 is 2.21 bits per heavy atom. The summed E-state index contributed by atoms with van der Waals surface area (Å²) in [7, 11) is 0. The number of amides is 1. The average molecular weight is 325 g/mol. The molecule has 1 aliphatic rings. The largest absolute Gasteiger partial charge is 0.465 e. The lowest BCUT2D eigenvalue weighted by molar-refractivity contribution is 0.154. The predicted octanol–water partition coefficient (Wildman–Crippen LogP) is 1.64. The number of carbonyl (C=O) groups is 1. The molecule has 7 nitrogen and oxygen atoms in total. The molecular weight excluding hydrogens is 306 g/mol. The third-order valence-corrected chi connectivity index (χ3v) is 4.27. The fourth-order valence-electron chi connectivity index (χ4n) is 2.87. The van der Waals surface area contributed by atoms with Crippen molar-refractivity contribution >= 4 is 6.09 Å². The van der Waals surface area contributed by atoms with E-state index in [0.717, 1.165) is 17.7 Å². The second kappa shape index (κ2) is 7.15. The maximum Gasteiger partial charge on any atom is 0.407 e. The number of hydrogen-bond acceptors (Lipinski definition) is 4. The Kier molecular flexibility index (Phi) is 4.77. The van der Waals surface area contributed by atoms with Gasteiger partial charge in [0.25, 0.3) is 0 Å². The van der Waals surface area contributed by atoms with Crippen molar-refractivity contribution in [2.45, 2.75) is 25.6 Å². The molecule has 1 atom stereocenters. The van der Waals surface area contributed by atoms with Gasteiger partial charge in [0, 0.05) is 38.4 Å².